The lowest BCUT2D eigenvalue weighted by atomic mass is 10.1. The molecule has 2 heterocycles. The van der Waals surface area contributed by atoms with E-state index < -0.39 is 0 Å². The molecule has 6 heteroatoms. The Kier molecular flexibility index (Phi) is 5.73. The number of carbonyl (C=O) groups is 1. The molecule has 4 rings (SSSR count). The van der Waals surface area contributed by atoms with Crippen molar-refractivity contribution in [2.75, 3.05) is 5.32 Å². The fourth-order valence-electron chi connectivity index (χ4n) is 2.95. The second-order valence-corrected chi connectivity index (χ2v) is 6.47. The molecule has 0 aliphatic heterocycles. The summed E-state index contributed by atoms with van der Waals surface area (Å²) >= 11 is 0. The molecular formula is C23H20N4O2. The zero-order valence-corrected chi connectivity index (χ0v) is 15.7. The largest absolute Gasteiger partial charge is 0.380 e. The fourth-order valence-corrected chi connectivity index (χ4v) is 2.95. The lowest BCUT2D eigenvalue weighted by molar-refractivity contribution is 0.0223. The fraction of sp³-hybridized carbons (Fsp3) is 0.0870. The number of hydroxylamine groups is 1. The van der Waals surface area contributed by atoms with Crippen LogP contribution in [0.2, 0.25) is 0 Å². The number of hydrogen-bond acceptors (Lipinski definition) is 5. The Morgan fingerprint density at radius 2 is 1.69 bits per heavy atom. The average Bonchev–Trinajstić information content (AvgIpc) is 2.78. The lowest BCUT2D eigenvalue weighted by Gasteiger charge is -2.12. The van der Waals surface area contributed by atoms with Gasteiger partial charge in [0.25, 0.3) is 5.91 Å². The molecule has 0 unspecified atom stereocenters. The zero-order valence-electron chi connectivity index (χ0n) is 15.7. The monoisotopic (exact) mass is 384 g/mol. The molecule has 2 N–H and O–H groups in total. The van der Waals surface area contributed by atoms with Crippen LogP contribution in [0.4, 0.5) is 5.69 Å². The van der Waals surface area contributed by atoms with Gasteiger partial charge in [0, 0.05) is 30.0 Å². The first-order valence-electron chi connectivity index (χ1n) is 9.28. The van der Waals surface area contributed by atoms with Crippen molar-refractivity contribution in [3.63, 3.8) is 0 Å². The summed E-state index contributed by atoms with van der Waals surface area (Å²) in [7, 11) is 0. The molecule has 0 radical (unpaired) electrons. The first-order chi connectivity index (χ1) is 14.3. The number of benzene rings is 2. The van der Waals surface area contributed by atoms with Gasteiger partial charge in [0.1, 0.15) is 6.61 Å². The first-order valence-corrected chi connectivity index (χ1v) is 9.28. The third-order valence-electron chi connectivity index (χ3n) is 4.45. The van der Waals surface area contributed by atoms with E-state index in [9.17, 15) is 4.79 Å². The molecule has 2 aromatic carbocycles. The van der Waals surface area contributed by atoms with E-state index in [-0.39, 0.29) is 12.5 Å². The number of nitrogens with one attached hydrogen (secondary N) is 2. The van der Waals surface area contributed by atoms with Crippen LogP contribution >= 0.6 is 0 Å². The normalized spacial score (nSPS) is 10.6. The van der Waals surface area contributed by atoms with E-state index in [1.165, 1.54) is 0 Å². The van der Waals surface area contributed by atoms with Crippen molar-refractivity contribution in [2.24, 2.45) is 0 Å². The van der Waals surface area contributed by atoms with Crippen molar-refractivity contribution in [3.8, 4) is 0 Å². The second kappa shape index (κ2) is 8.95. The summed E-state index contributed by atoms with van der Waals surface area (Å²) in [4.78, 5) is 26.5. The number of para-hydroxylation sites is 2. The summed E-state index contributed by atoms with van der Waals surface area (Å²) in [5.74, 6) is -0.316. The highest BCUT2D eigenvalue weighted by Crippen LogP contribution is 2.16. The van der Waals surface area contributed by atoms with Crippen LogP contribution in [0.1, 0.15) is 21.6 Å². The maximum absolute atomic E-state index is 12.6. The number of amides is 1. The number of anilines is 1. The number of rotatable bonds is 7. The standard InChI is InChI=1S/C23H20N4O2/c28-23(27-29-16-19-10-9-18-5-1-3-7-21(18)26-19)20-6-2-4-8-22(20)25-15-17-11-13-24-14-12-17/h1-14,25H,15-16H2,(H,27,28). The zero-order chi connectivity index (χ0) is 19.9. The Balaban J connectivity index is 1.36. The van der Waals surface area contributed by atoms with Crippen LogP contribution in [-0.4, -0.2) is 15.9 Å². The van der Waals surface area contributed by atoms with Gasteiger partial charge in [0.2, 0.25) is 0 Å². The van der Waals surface area contributed by atoms with E-state index in [2.05, 4.69) is 20.8 Å². The minimum absolute atomic E-state index is 0.184. The molecule has 4 aromatic rings. The number of carbonyl (C=O) groups excluding carboxylic acids is 1. The minimum Gasteiger partial charge on any atom is -0.380 e. The van der Waals surface area contributed by atoms with Crippen LogP contribution < -0.4 is 10.8 Å². The van der Waals surface area contributed by atoms with E-state index in [4.69, 9.17) is 4.84 Å². The van der Waals surface area contributed by atoms with Crippen molar-refractivity contribution in [2.45, 2.75) is 13.2 Å². The van der Waals surface area contributed by atoms with Crippen molar-refractivity contribution in [3.05, 3.63) is 102 Å². The SMILES string of the molecule is O=C(NOCc1ccc2ccccc2n1)c1ccccc1NCc1ccncc1. The molecule has 0 spiro atoms. The smallest absolute Gasteiger partial charge is 0.276 e. The number of aromatic nitrogens is 2. The van der Waals surface area contributed by atoms with Gasteiger partial charge in [-0.2, -0.15) is 0 Å². The Labute approximate surface area is 168 Å². The Morgan fingerprint density at radius 3 is 2.59 bits per heavy atom. The van der Waals surface area contributed by atoms with Gasteiger partial charge in [-0.25, -0.2) is 5.48 Å². The van der Waals surface area contributed by atoms with Gasteiger partial charge >= 0.3 is 0 Å². The molecular weight excluding hydrogens is 364 g/mol. The molecule has 1 amide bonds. The summed E-state index contributed by atoms with van der Waals surface area (Å²) in [6.45, 7) is 0.776. The maximum Gasteiger partial charge on any atom is 0.276 e. The van der Waals surface area contributed by atoms with Crippen LogP contribution in [-0.2, 0) is 18.0 Å². The van der Waals surface area contributed by atoms with Gasteiger partial charge in [-0.3, -0.25) is 19.6 Å². The van der Waals surface area contributed by atoms with Gasteiger partial charge in [0.15, 0.2) is 0 Å². The van der Waals surface area contributed by atoms with E-state index in [0.29, 0.717) is 12.1 Å². The Bertz CT molecular complexity index is 1120. The molecule has 144 valence electrons. The summed E-state index contributed by atoms with van der Waals surface area (Å²) in [5, 5.41) is 4.35. The molecule has 0 bridgehead atoms. The lowest BCUT2D eigenvalue weighted by Crippen LogP contribution is -2.24. The van der Waals surface area contributed by atoms with E-state index in [1.54, 1.807) is 18.5 Å². The Morgan fingerprint density at radius 1 is 0.897 bits per heavy atom. The van der Waals surface area contributed by atoms with Gasteiger partial charge in [-0.15, -0.1) is 0 Å². The molecule has 0 aliphatic rings. The molecule has 0 aliphatic carbocycles. The van der Waals surface area contributed by atoms with Crippen LogP contribution in [0.3, 0.4) is 0 Å². The highest BCUT2D eigenvalue weighted by Gasteiger charge is 2.11. The highest BCUT2D eigenvalue weighted by atomic mass is 16.6. The van der Waals surface area contributed by atoms with Crippen LogP contribution in [0.15, 0.2) is 85.2 Å². The Hall–Kier alpha value is -3.77. The maximum atomic E-state index is 12.6. The van der Waals surface area contributed by atoms with Crippen LogP contribution in [0, 0.1) is 0 Å². The van der Waals surface area contributed by atoms with Gasteiger partial charge in [-0.05, 0) is 42.0 Å². The quantitative estimate of drug-likeness (QED) is 0.469. The van der Waals surface area contributed by atoms with Crippen molar-refractivity contribution < 1.29 is 9.63 Å². The molecule has 29 heavy (non-hydrogen) atoms. The molecule has 0 saturated carbocycles. The predicted molar refractivity (Wildman–Crippen MR) is 112 cm³/mol. The van der Waals surface area contributed by atoms with Crippen molar-refractivity contribution in [1.29, 1.82) is 0 Å². The second-order valence-electron chi connectivity index (χ2n) is 6.47. The molecule has 6 nitrogen and oxygen atoms in total. The highest BCUT2D eigenvalue weighted by molar-refractivity contribution is 5.99. The van der Waals surface area contributed by atoms with Gasteiger partial charge in [0.05, 0.1) is 16.8 Å². The summed E-state index contributed by atoms with van der Waals surface area (Å²) in [6.07, 6.45) is 3.48. The summed E-state index contributed by atoms with van der Waals surface area (Å²) in [5.41, 5.74) is 6.46. The third-order valence-corrected chi connectivity index (χ3v) is 4.45. The van der Waals surface area contributed by atoms with E-state index >= 15 is 0 Å². The van der Waals surface area contributed by atoms with Crippen molar-refractivity contribution in [1.82, 2.24) is 15.4 Å². The van der Waals surface area contributed by atoms with Crippen LogP contribution in [0.5, 0.6) is 0 Å². The molecule has 2 aromatic heterocycles. The number of hydrogen-bond donors (Lipinski definition) is 2. The molecule has 0 fully saturated rings. The number of nitrogens with zero attached hydrogens (tertiary/aromatic N) is 2. The first kappa shape index (κ1) is 18.6. The summed E-state index contributed by atoms with van der Waals surface area (Å²) in [6, 6.07) is 22.9. The minimum atomic E-state index is -0.316. The molecule has 0 saturated heterocycles. The van der Waals surface area contributed by atoms with Crippen molar-refractivity contribution >= 4 is 22.5 Å². The summed E-state index contributed by atoms with van der Waals surface area (Å²) < 4.78 is 0. The topological polar surface area (TPSA) is 76.1 Å². The number of pyridine rings is 2. The molecule has 0 atom stereocenters. The number of fused-ring (bicyclic) bond motifs is 1. The third kappa shape index (κ3) is 4.75. The van der Waals surface area contributed by atoms with E-state index in [0.717, 1.165) is 27.8 Å². The average molecular weight is 384 g/mol. The van der Waals surface area contributed by atoms with Gasteiger partial charge in [-0.1, -0.05) is 36.4 Å². The van der Waals surface area contributed by atoms with Gasteiger partial charge < -0.3 is 5.32 Å². The van der Waals surface area contributed by atoms with Crippen LogP contribution in [0.25, 0.3) is 10.9 Å². The predicted octanol–water partition coefficient (Wildman–Crippen LogP) is 4.10. The van der Waals surface area contributed by atoms with E-state index in [1.807, 2.05) is 66.7 Å².